The molecule has 0 aromatic heterocycles. The zero-order valence-electron chi connectivity index (χ0n) is 10.1. The first-order chi connectivity index (χ1) is 9.63. The van der Waals surface area contributed by atoms with E-state index in [-0.39, 0.29) is 12.5 Å². The van der Waals surface area contributed by atoms with Gasteiger partial charge in [-0.15, -0.1) is 0 Å². The fourth-order valence-electron chi connectivity index (χ4n) is 1.95. The summed E-state index contributed by atoms with van der Waals surface area (Å²) in [5.74, 6) is 0.660. The molecule has 1 aliphatic rings. The molecule has 20 heavy (non-hydrogen) atoms. The number of fused-ring (bicyclic) bond motifs is 1. The van der Waals surface area contributed by atoms with Gasteiger partial charge >= 0.3 is 0 Å². The normalized spacial score (nSPS) is 14.1. The Morgan fingerprint density at radius 1 is 1.10 bits per heavy atom. The summed E-state index contributed by atoms with van der Waals surface area (Å²) in [6.07, 6.45) is 0. The zero-order chi connectivity index (χ0) is 14.1. The van der Waals surface area contributed by atoms with Gasteiger partial charge in [0.15, 0.2) is 11.5 Å². The SMILES string of the molecule is O=S(O)Nc1ccc(-c2ccc3c(c2)OCO3)cc1F. The van der Waals surface area contributed by atoms with Crippen molar-refractivity contribution in [3.63, 3.8) is 0 Å². The molecule has 0 spiro atoms. The van der Waals surface area contributed by atoms with Crippen molar-refractivity contribution in [3.8, 4) is 22.6 Å². The van der Waals surface area contributed by atoms with Crippen LogP contribution in [0, 0.1) is 5.82 Å². The van der Waals surface area contributed by atoms with Crippen LogP contribution in [0.1, 0.15) is 0 Å². The van der Waals surface area contributed by atoms with Gasteiger partial charge in [-0.05, 0) is 35.4 Å². The molecule has 0 fully saturated rings. The Hall–Kier alpha value is -2.12. The molecular formula is C13H10FNO4S. The van der Waals surface area contributed by atoms with E-state index in [9.17, 15) is 8.60 Å². The number of ether oxygens (including phenoxy) is 2. The van der Waals surface area contributed by atoms with Gasteiger partial charge in [0, 0.05) is 0 Å². The molecule has 0 bridgehead atoms. The molecule has 1 unspecified atom stereocenters. The Bertz CT molecular complexity index is 692. The van der Waals surface area contributed by atoms with Crippen LogP contribution < -0.4 is 14.2 Å². The second-order valence-electron chi connectivity index (χ2n) is 4.11. The molecule has 0 radical (unpaired) electrons. The van der Waals surface area contributed by atoms with Gasteiger partial charge < -0.3 is 9.47 Å². The molecule has 0 amide bonds. The molecule has 104 valence electrons. The number of benzene rings is 2. The van der Waals surface area contributed by atoms with Crippen LogP contribution in [0.25, 0.3) is 11.1 Å². The number of halogens is 1. The number of hydrogen-bond donors (Lipinski definition) is 2. The molecule has 0 saturated heterocycles. The van der Waals surface area contributed by atoms with Crippen molar-refractivity contribution in [1.82, 2.24) is 0 Å². The first-order valence-electron chi connectivity index (χ1n) is 5.70. The van der Waals surface area contributed by atoms with Gasteiger partial charge in [0.2, 0.25) is 6.79 Å². The minimum absolute atomic E-state index is 0.0321. The third-order valence-corrected chi connectivity index (χ3v) is 3.27. The molecule has 2 N–H and O–H groups in total. The Morgan fingerprint density at radius 3 is 2.55 bits per heavy atom. The van der Waals surface area contributed by atoms with Crippen LogP contribution in [-0.4, -0.2) is 15.6 Å². The zero-order valence-corrected chi connectivity index (χ0v) is 10.9. The predicted octanol–water partition coefficient (Wildman–Crippen LogP) is 2.77. The first kappa shape index (κ1) is 12.9. The number of anilines is 1. The van der Waals surface area contributed by atoms with Crippen molar-refractivity contribution >= 4 is 17.0 Å². The molecule has 0 aliphatic carbocycles. The molecule has 5 nitrogen and oxygen atoms in total. The van der Waals surface area contributed by atoms with E-state index in [4.69, 9.17) is 14.0 Å². The topological polar surface area (TPSA) is 67.8 Å². The summed E-state index contributed by atoms with van der Waals surface area (Å²) in [4.78, 5) is 0. The van der Waals surface area contributed by atoms with Crippen molar-refractivity contribution in [2.75, 3.05) is 11.5 Å². The maximum Gasteiger partial charge on any atom is 0.259 e. The quantitative estimate of drug-likeness (QED) is 0.854. The standard InChI is InChI=1S/C13H10FNO4S/c14-10-5-8(1-3-11(10)15-20(16)17)9-2-4-12-13(6-9)19-7-18-12/h1-6,15H,7H2,(H,16,17). The molecule has 3 rings (SSSR count). The monoisotopic (exact) mass is 295 g/mol. The summed E-state index contributed by atoms with van der Waals surface area (Å²) in [6.45, 7) is 0.179. The van der Waals surface area contributed by atoms with Gasteiger partial charge in [-0.1, -0.05) is 12.1 Å². The van der Waals surface area contributed by atoms with Crippen molar-refractivity contribution in [3.05, 3.63) is 42.2 Å². The fraction of sp³-hybridized carbons (Fsp3) is 0.0769. The van der Waals surface area contributed by atoms with E-state index in [0.717, 1.165) is 5.56 Å². The van der Waals surface area contributed by atoms with Crippen LogP contribution in [-0.2, 0) is 11.3 Å². The van der Waals surface area contributed by atoms with Crippen LogP contribution in [0.15, 0.2) is 36.4 Å². The lowest BCUT2D eigenvalue weighted by Gasteiger charge is -2.07. The maximum atomic E-state index is 13.8. The summed E-state index contributed by atoms with van der Waals surface area (Å²) in [6, 6.07) is 9.64. The first-order valence-corrected chi connectivity index (χ1v) is 6.81. The minimum atomic E-state index is -2.30. The van der Waals surface area contributed by atoms with E-state index < -0.39 is 17.1 Å². The fourth-order valence-corrected chi connectivity index (χ4v) is 2.30. The van der Waals surface area contributed by atoms with E-state index in [1.165, 1.54) is 12.1 Å². The lowest BCUT2D eigenvalue weighted by molar-refractivity contribution is 0.174. The average Bonchev–Trinajstić information content (AvgIpc) is 2.87. The lowest BCUT2D eigenvalue weighted by Crippen LogP contribution is -2.03. The molecule has 7 heteroatoms. The van der Waals surface area contributed by atoms with Gasteiger partial charge in [0.1, 0.15) is 5.82 Å². The summed E-state index contributed by atoms with van der Waals surface area (Å²) in [5, 5.41) is 0. The second kappa shape index (κ2) is 5.10. The van der Waals surface area contributed by atoms with Crippen LogP contribution in [0.2, 0.25) is 0 Å². The van der Waals surface area contributed by atoms with Gasteiger partial charge in [0.25, 0.3) is 11.3 Å². The van der Waals surface area contributed by atoms with Gasteiger partial charge in [-0.25, -0.2) is 8.60 Å². The maximum absolute atomic E-state index is 13.8. The number of nitrogens with one attached hydrogen (secondary N) is 1. The smallest absolute Gasteiger partial charge is 0.259 e. The second-order valence-corrected chi connectivity index (χ2v) is 4.82. The van der Waals surface area contributed by atoms with Crippen molar-refractivity contribution < 1.29 is 22.6 Å². The van der Waals surface area contributed by atoms with E-state index in [1.807, 2.05) is 0 Å². The summed E-state index contributed by atoms with van der Waals surface area (Å²) < 4.78 is 45.7. The van der Waals surface area contributed by atoms with E-state index in [1.54, 1.807) is 24.3 Å². The third-order valence-electron chi connectivity index (χ3n) is 2.87. The molecule has 0 saturated carbocycles. The average molecular weight is 295 g/mol. The molecular weight excluding hydrogens is 285 g/mol. The van der Waals surface area contributed by atoms with Gasteiger partial charge in [-0.3, -0.25) is 9.27 Å². The highest BCUT2D eigenvalue weighted by Crippen LogP contribution is 2.36. The lowest BCUT2D eigenvalue weighted by atomic mass is 10.0. The summed E-state index contributed by atoms with van der Waals surface area (Å²) in [5.41, 5.74) is 1.37. The molecule has 1 atom stereocenters. The Labute approximate surface area is 116 Å². The highest BCUT2D eigenvalue weighted by atomic mass is 32.2. The Kier molecular flexibility index (Phi) is 3.29. The Morgan fingerprint density at radius 2 is 1.80 bits per heavy atom. The summed E-state index contributed by atoms with van der Waals surface area (Å²) >= 11 is -2.30. The van der Waals surface area contributed by atoms with Crippen molar-refractivity contribution in [2.24, 2.45) is 0 Å². The molecule has 2 aromatic carbocycles. The van der Waals surface area contributed by atoms with E-state index >= 15 is 0 Å². The van der Waals surface area contributed by atoms with Crippen LogP contribution in [0.3, 0.4) is 0 Å². The highest BCUT2D eigenvalue weighted by Gasteiger charge is 2.14. The van der Waals surface area contributed by atoms with Crippen molar-refractivity contribution in [1.29, 1.82) is 0 Å². The van der Waals surface area contributed by atoms with E-state index in [0.29, 0.717) is 17.1 Å². The molecule has 1 heterocycles. The minimum Gasteiger partial charge on any atom is -0.454 e. The highest BCUT2D eigenvalue weighted by molar-refractivity contribution is 7.80. The van der Waals surface area contributed by atoms with Crippen molar-refractivity contribution in [2.45, 2.75) is 0 Å². The van der Waals surface area contributed by atoms with Crippen LogP contribution in [0.4, 0.5) is 10.1 Å². The predicted molar refractivity (Wildman–Crippen MR) is 72.4 cm³/mol. The molecule has 2 aromatic rings. The Balaban J connectivity index is 1.94. The third kappa shape index (κ3) is 2.45. The van der Waals surface area contributed by atoms with Gasteiger partial charge in [0.05, 0.1) is 5.69 Å². The number of rotatable bonds is 3. The van der Waals surface area contributed by atoms with Crippen LogP contribution in [0.5, 0.6) is 11.5 Å². The van der Waals surface area contributed by atoms with Gasteiger partial charge in [-0.2, -0.15) is 0 Å². The summed E-state index contributed by atoms with van der Waals surface area (Å²) in [7, 11) is 0. The number of hydrogen-bond acceptors (Lipinski definition) is 3. The molecule has 1 aliphatic heterocycles. The van der Waals surface area contributed by atoms with E-state index in [2.05, 4.69) is 4.72 Å². The largest absolute Gasteiger partial charge is 0.454 e. The van der Waals surface area contributed by atoms with Crippen LogP contribution >= 0.6 is 0 Å².